The van der Waals surface area contributed by atoms with E-state index in [0.29, 0.717) is 5.56 Å². The van der Waals surface area contributed by atoms with Crippen LogP contribution in [0.4, 0.5) is 0 Å². The van der Waals surface area contributed by atoms with Crippen LogP contribution in [0.3, 0.4) is 0 Å². The summed E-state index contributed by atoms with van der Waals surface area (Å²) in [6.07, 6.45) is 0. The number of hydrogen-bond acceptors (Lipinski definition) is 7. The maximum Gasteiger partial charge on any atom is 0.353 e. The van der Waals surface area contributed by atoms with Gasteiger partial charge in [-0.1, -0.05) is 35.5 Å². The lowest BCUT2D eigenvalue weighted by Gasteiger charge is -2.33. The minimum absolute atomic E-state index is 0.147. The van der Waals surface area contributed by atoms with Crippen molar-refractivity contribution in [3.05, 3.63) is 47.2 Å². The standard InChI is InChI=1S/C17H11N5O2/c1-10-17(15(23)24-22-10)13(11-5-3-2-4-6-11)16(8-19,9-20)12(7-18)14(17)21/h2-6,13H,21H2,1H3/t13-,17-/m0/s1. The summed E-state index contributed by atoms with van der Waals surface area (Å²) in [4.78, 5) is 17.4. The molecule has 2 N–H and O–H groups in total. The van der Waals surface area contributed by atoms with E-state index in [0.717, 1.165) is 0 Å². The fourth-order valence-corrected chi connectivity index (χ4v) is 3.63. The van der Waals surface area contributed by atoms with Gasteiger partial charge in [-0.15, -0.1) is 0 Å². The Morgan fingerprint density at radius 2 is 1.83 bits per heavy atom. The molecule has 0 radical (unpaired) electrons. The van der Waals surface area contributed by atoms with Crippen LogP contribution in [0.1, 0.15) is 18.4 Å². The molecule has 3 rings (SSSR count). The second-order valence-corrected chi connectivity index (χ2v) is 5.64. The molecule has 0 bridgehead atoms. The number of nitrogens with two attached hydrogens (primary N) is 1. The van der Waals surface area contributed by atoms with E-state index >= 15 is 0 Å². The van der Waals surface area contributed by atoms with Gasteiger partial charge in [0.05, 0.1) is 29.5 Å². The second kappa shape index (κ2) is 4.94. The monoisotopic (exact) mass is 317 g/mol. The van der Waals surface area contributed by atoms with Crippen molar-refractivity contribution in [2.75, 3.05) is 0 Å². The first-order valence-electron chi connectivity index (χ1n) is 7.05. The van der Waals surface area contributed by atoms with Crippen molar-refractivity contribution in [2.45, 2.75) is 12.8 Å². The summed E-state index contributed by atoms with van der Waals surface area (Å²) in [5.74, 6) is -1.80. The molecule has 2 aliphatic rings. The summed E-state index contributed by atoms with van der Waals surface area (Å²) in [6.45, 7) is 1.54. The minimum Gasteiger partial charge on any atom is -0.400 e. The Hall–Kier alpha value is -3.63. The Morgan fingerprint density at radius 3 is 2.29 bits per heavy atom. The SMILES string of the molecule is CC1=NOC(=O)[C@@]12C(N)=C(C#N)C(C#N)(C#N)[C@@H]2c1ccccc1. The van der Waals surface area contributed by atoms with Crippen LogP contribution < -0.4 is 5.73 Å². The molecule has 1 aromatic rings. The summed E-state index contributed by atoms with van der Waals surface area (Å²) in [6, 6.07) is 14.2. The fraction of sp³-hybridized carbons (Fsp3) is 0.235. The highest BCUT2D eigenvalue weighted by atomic mass is 16.7. The smallest absolute Gasteiger partial charge is 0.353 e. The van der Waals surface area contributed by atoms with Crippen LogP contribution in [-0.4, -0.2) is 11.7 Å². The van der Waals surface area contributed by atoms with E-state index in [-0.39, 0.29) is 17.0 Å². The van der Waals surface area contributed by atoms with Gasteiger partial charge >= 0.3 is 5.97 Å². The molecule has 0 amide bonds. The van der Waals surface area contributed by atoms with Crippen molar-refractivity contribution >= 4 is 11.7 Å². The van der Waals surface area contributed by atoms with Gasteiger partial charge in [-0.3, -0.25) is 0 Å². The first-order chi connectivity index (χ1) is 11.5. The van der Waals surface area contributed by atoms with E-state index in [9.17, 15) is 20.6 Å². The Kier molecular flexibility index (Phi) is 3.14. The van der Waals surface area contributed by atoms with Crippen molar-refractivity contribution in [2.24, 2.45) is 21.7 Å². The third kappa shape index (κ3) is 1.47. The van der Waals surface area contributed by atoms with Gasteiger partial charge in [0.15, 0.2) is 10.8 Å². The minimum atomic E-state index is -1.90. The summed E-state index contributed by atoms with van der Waals surface area (Å²) in [7, 11) is 0. The van der Waals surface area contributed by atoms with E-state index in [1.807, 2.05) is 18.2 Å². The molecule has 0 unspecified atom stereocenters. The largest absolute Gasteiger partial charge is 0.400 e. The molecule has 1 aliphatic heterocycles. The second-order valence-electron chi connectivity index (χ2n) is 5.64. The van der Waals surface area contributed by atoms with Crippen molar-refractivity contribution < 1.29 is 9.63 Å². The zero-order chi connectivity index (χ0) is 17.5. The summed E-state index contributed by atoms with van der Waals surface area (Å²) in [5.41, 5.74) is 2.99. The predicted molar refractivity (Wildman–Crippen MR) is 81.3 cm³/mol. The quantitative estimate of drug-likeness (QED) is 0.779. The molecule has 0 fully saturated rings. The number of nitrogens with zero attached hydrogens (tertiary/aromatic N) is 4. The predicted octanol–water partition coefficient (Wildman–Crippen LogP) is 1.47. The number of carbonyl (C=O) groups excluding carboxylic acids is 1. The van der Waals surface area contributed by atoms with Gasteiger partial charge < -0.3 is 10.6 Å². The molecule has 24 heavy (non-hydrogen) atoms. The van der Waals surface area contributed by atoms with E-state index in [1.54, 1.807) is 30.3 Å². The molecule has 1 aliphatic carbocycles. The van der Waals surface area contributed by atoms with Crippen LogP contribution in [-0.2, 0) is 9.63 Å². The van der Waals surface area contributed by atoms with Crippen molar-refractivity contribution in [1.29, 1.82) is 15.8 Å². The number of allylic oxidation sites excluding steroid dienone is 1. The van der Waals surface area contributed by atoms with Gasteiger partial charge in [0.2, 0.25) is 0 Å². The Labute approximate surface area is 137 Å². The number of rotatable bonds is 1. The number of nitriles is 3. The lowest BCUT2D eigenvalue weighted by molar-refractivity contribution is -0.147. The average Bonchev–Trinajstić information content (AvgIpc) is 3.03. The number of oxime groups is 1. The number of hydrogen-bond donors (Lipinski definition) is 1. The van der Waals surface area contributed by atoms with Crippen molar-refractivity contribution in [1.82, 2.24) is 0 Å². The lowest BCUT2D eigenvalue weighted by atomic mass is 9.62. The lowest BCUT2D eigenvalue weighted by Crippen LogP contribution is -2.45. The van der Waals surface area contributed by atoms with E-state index < -0.39 is 22.7 Å². The third-order valence-corrected chi connectivity index (χ3v) is 4.71. The van der Waals surface area contributed by atoms with Gasteiger partial charge in [0.1, 0.15) is 0 Å². The van der Waals surface area contributed by atoms with Crippen LogP contribution in [0.2, 0.25) is 0 Å². The molecule has 1 heterocycles. The van der Waals surface area contributed by atoms with E-state index in [4.69, 9.17) is 10.6 Å². The Bertz CT molecular complexity index is 912. The third-order valence-electron chi connectivity index (χ3n) is 4.71. The topological polar surface area (TPSA) is 136 Å². The highest BCUT2D eigenvalue weighted by Gasteiger charge is 2.71. The molecule has 1 spiro atoms. The Morgan fingerprint density at radius 1 is 1.21 bits per heavy atom. The molecular formula is C17H11N5O2. The molecule has 0 saturated heterocycles. The van der Waals surface area contributed by atoms with Crippen LogP contribution in [0.25, 0.3) is 0 Å². The summed E-state index contributed by atoms with van der Waals surface area (Å²) < 4.78 is 0. The zero-order valence-corrected chi connectivity index (χ0v) is 12.6. The molecule has 2 atom stereocenters. The molecule has 1 aromatic carbocycles. The fourth-order valence-electron chi connectivity index (χ4n) is 3.63. The number of carbonyl (C=O) groups is 1. The first kappa shape index (κ1) is 15.3. The average molecular weight is 317 g/mol. The van der Waals surface area contributed by atoms with Gasteiger partial charge in [-0.25, -0.2) is 4.79 Å². The first-order valence-corrected chi connectivity index (χ1v) is 7.05. The van der Waals surface area contributed by atoms with Crippen LogP contribution in [0.5, 0.6) is 0 Å². The maximum atomic E-state index is 12.6. The van der Waals surface area contributed by atoms with Crippen molar-refractivity contribution in [3.8, 4) is 18.2 Å². The van der Waals surface area contributed by atoms with Gasteiger partial charge in [-0.05, 0) is 12.5 Å². The number of benzene rings is 1. The van der Waals surface area contributed by atoms with Gasteiger partial charge in [0.25, 0.3) is 0 Å². The molecule has 0 saturated carbocycles. The molecular weight excluding hydrogens is 306 g/mol. The van der Waals surface area contributed by atoms with Crippen LogP contribution in [0, 0.1) is 44.8 Å². The normalized spacial score (nSPS) is 27.2. The van der Waals surface area contributed by atoms with Crippen LogP contribution >= 0.6 is 0 Å². The highest BCUT2D eigenvalue weighted by Crippen LogP contribution is 2.62. The van der Waals surface area contributed by atoms with Gasteiger partial charge in [-0.2, -0.15) is 15.8 Å². The Balaban J connectivity index is 2.45. The van der Waals surface area contributed by atoms with Crippen LogP contribution in [0.15, 0.2) is 46.8 Å². The molecule has 116 valence electrons. The maximum absolute atomic E-state index is 12.6. The van der Waals surface area contributed by atoms with E-state index in [2.05, 4.69) is 5.16 Å². The molecule has 7 heteroatoms. The van der Waals surface area contributed by atoms with Crippen molar-refractivity contribution in [3.63, 3.8) is 0 Å². The highest BCUT2D eigenvalue weighted by molar-refractivity contribution is 6.13. The van der Waals surface area contributed by atoms with E-state index in [1.165, 1.54) is 6.92 Å². The zero-order valence-electron chi connectivity index (χ0n) is 12.6. The summed E-state index contributed by atoms with van der Waals surface area (Å²) >= 11 is 0. The molecule has 7 nitrogen and oxygen atoms in total. The molecule has 0 aromatic heterocycles. The van der Waals surface area contributed by atoms with Gasteiger partial charge in [0, 0.05) is 11.6 Å². The summed E-state index contributed by atoms with van der Waals surface area (Å²) in [5, 5.41) is 32.8.